The molecule has 1 aromatic heterocycles. The zero-order valence-corrected chi connectivity index (χ0v) is 16.3. The van der Waals surface area contributed by atoms with Gasteiger partial charge in [-0.2, -0.15) is 0 Å². The molecule has 1 aliphatic carbocycles. The first-order valence-corrected chi connectivity index (χ1v) is 11.1. The van der Waals surface area contributed by atoms with E-state index in [1.165, 1.54) is 43.6 Å². The lowest BCUT2D eigenvalue weighted by molar-refractivity contribution is 0.00436. The van der Waals surface area contributed by atoms with E-state index in [1.54, 1.807) is 11.3 Å². The number of likely N-dealkylation sites (tertiary alicyclic amines) is 1. The molecule has 0 bridgehead atoms. The molecule has 144 valence electrons. The van der Waals surface area contributed by atoms with Crippen molar-refractivity contribution in [2.24, 2.45) is 11.8 Å². The standard InChI is InChI=1S/C20H31N3O2S/c24-20(21-12-16-3-1-8-23(14-16)13-15-5-6-15)22-17-7-9-25-18(11-17)19-4-2-10-26-19/h2,4,10,15-18H,1,3,5-9,11-14H2,(H2,21,22,24)/t16?,17-,18-/m1/s1. The number of piperidine rings is 1. The fourth-order valence-corrected chi connectivity index (χ4v) is 5.01. The maximum absolute atomic E-state index is 12.3. The molecule has 26 heavy (non-hydrogen) atoms. The Hall–Kier alpha value is -1.11. The summed E-state index contributed by atoms with van der Waals surface area (Å²) in [4.78, 5) is 16.2. The fourth-order valence-electron chi connectivity index (χ4n) is 4.22. The molecule has 3 aliphatic rings. The summed E-state index contributed by atoms with van der Waals surface area (Å²) >= 11 is 1.73. The average Bonchev–Trinajstić information content (AvgIpc) is 3.29. The van der Waals surface area contributed by atoms with Crippen molar-refractivity contribution in [3.63, 3.8) is 0 Å². The number of thiophene rings is 1. The van der Waals surface area contributed by atoms with Crippen molar-refractivity contribution in [2.45, 2.75) is 50.7 Å². The van der Waals surface area contributed by atoms with Gasteiger partial charge in [-0.3, -0.25) is 0 Å². The summed E-state index contributed by atoms with van der Waals surface area (Å²) in [5.74, 6) is 1.55. The molecule has 0 radical (unpaired) electrons. The molecule has 3 atom stereocenters. The van der Waals surface area contributed by atoms with Crippen LogP contribution in [0.2, 0.25) is 0 Å². The number of carbonyl (C=O) groups is 1. The lowest BCUT2D eigenvalue weighted by Crippen LogP contribution is -2.48. The SMILES string of the molecule is O=C(NCC1CCCN(CC2CC2)C1)N[C@@H]1CCO[C@@H](c2cccs2)C1. The van der Waals surface area contributed by atoms with E-state index in [2.05, 4.69) is 33.0 Å². The van der Waals surface area contributed by atoms with Crippen LogP contribution in [-0.4, -0.2) is 49.8 Å². The summed E-state index contributed by atoms with van der Waals surface area (Å²) < 4.78 is 5.87. The van der Waals surface area contributed by atoms with Crippen LogP contribution in [0.4, 0.5) is 4.79 Å². The van der Waals surface area contributed by atoms with E-state index in [-0.39, 0.29) is 18.2 Å². The summed E-state index contributed by atoms with van der Waals surface area (Å²) in [6.07, 6.45) is 7.23. The normalized spacial score (nSPS) is 30.1. The van der Waals surface area contributed by atoms with Crippen LogP contribution in [0.15, 0.2) is 17.5 Å². The van der Waals surface area contributed by atoms with Gasteiger partial charge in [-0.15, -0.1) is 11.3 Å². The minimum atomic E-state index is -0.0128. The van der Waals surface area contributed by atoms with E-state index >= 15 is 0 Å². The van der Waals surface area contributed by atoms with E-state index in [9.17, 15) is 4.79 Å². The van der Waals surface area contributed by atoms with Crippen LogP contribution in [0, 0.1) is 11.8 Å². The zero-order valence-electron chi connectivity index (χ0n) is 15.5. The molecule has 2 saturated heterocycles. The monoisotopic (exact) mass is 377 g/mol. The number of ether oxygens (including phenoxy) is 1. The van der Waals surface area contributed by atoms with Crippen molar-refractivity contribution < 1.29 is 9.53 Å². The van der Waals surface area contributed by atoms with Gasteiger partial charge >= 0.3 is 6.03 Å². The van der Waals surface area contributed by atoms with Crippen LogP contribution in [0.1, 0.15) is 49.5 Å². The molecular formula is C20H31N3O2S. The van der Waals surface area contributed by atoms with Crippen LogP contribution < -0.4 is 10.6 Å². The van der Waals surface area contributed by atoms with Gasteiger partial charge in [-0.25, -0.2) is 4.79 Å². The third-order valence-corrected chi connectivity index (χ3v) is 6.81. The Morgan fingerprint density at radius 2 is 2.19 bits per heavy atom. The molecule has 0 aromatic carbocycles. The molecule has 2 aliphatic heterocycles. The Morgan fingerprint density at radius 3 is 3.00 bits per heavy atom. The first kappa shape index (κ1) is 18.3. The predicted molar refractivity (Wildman–Crippen MR) is 104 cm³/mol. The Balaban J connectivity index is 1.17. The molecular weight excluding hydrogens is 346 g/mol. The second kappa shape index (κ2) is 8.72. The number of nitrogens with zero attached hydrogens (tertiary/aromatic N) is 1. The van der Waals surface area contributed by atoms with Crippen molar-refractivity contribution in [3.8, 4) is 0 Å². The molecule has 3 fully saturated rings. The minimum absolute atomic E-state index is 0.0128. The van der Waals surface area contributed by atoms with Gasteiger partial charge in [0, 0.05) is 37.2 Å². The molecule has 2 N–H and O–H groups in total. The van der Waals surface area contributed by atoms with Gasteiger partial charge < -0.3 is 20.3 Å². The third-order valence-electron chi connectivity index (χ3n) is 5.85. The van der Waals surface area contributed by atoms with E-state index in [0.717, 1.165) is 31.8 Å². The number of carbonyl (C=O) groups excluding carboxylic acids is 1. The smallest absolute Gasteiger partial charge is 0.315 e. The van der Waals surface area contributed by atoms with Crippen molar-refractivity contribution >= 4 is 17.4 Å². The van der Waals surface area contributed by atoms with Gasteiger partial charge in [0.1, 0.15) is 0 Å². The lowest BCUT2D eigenvalue weighted by atomic mass is 9.98. The third kappa shape index (κ3) is 5.21. The van der Waals surface area contributed by atoms with Crippen LogP contribution >= 0.6 is 11.3 Å². The van der Waals surface area contributed by atoms with E-state index in [0.29, 0.717) is 12.5 Å². The van der Waals surface area contributed by atoms with Crippen LogP contribution in [-0.2, 0) is 4.74 Å². The van der Waals surface area contributed by atoms with Crippen molar-refractivity contribution in [3.05, 3.63) is 22.4 Å². The quantitative estimate of drug-likeness (QED) is 0.799. The Labute approximate surface area is 160 Å². The summed E-state index contributed by atoms with van der Waals surface area (Å²) in [5.41, 5.74) is 0. The minimum Gasteiger partial charge on any atom is -0.373 e. The van der Waals surface area contributed by atoms with Gasteiger partial charge in [0.2, 0.25) is 0 Å². The average molecular weight is 378 g/mol. The molecule has 6 heteroatoms. The number of hydrogen-bond donors (Lipinski definition) is 2. The number of hydrogen-bond acceptors (Lipinski definition) is 4. The number of rotatable bonds is 6. The summed E-state index contributed by atoms with van der Waals surface area (Å²) in [7, 11) is 0. The summed E-state index contributed by atoms with van der Waals surface area (Å²) in [6, 6.07) is 4.37. The lowest BCUT2D eigenvalue weighted by Gasteiger charge is -2.33. The van der Waals surface area contributed by atoms with Gasteiger partial charge in [-0.1, -0.05) is 6.07 Å². The van der Waals surface area contributed by atoms with Crippen LogP contribution in [0.5, 0.6) is 0 Å². The second-order valence-electron chi connectivity index (χ2n) is 8.16. The molecule has 1 unspecified atom stereocenters. The number of nitrogens with one attached hydrogen (secondary N) is 2. The molecule has 1 saturated carbocycles. The van der Waals surface area contributed by atoms with E-state index in [4.69, 9.17) is 4.74 Å². The topological polar surface area (TPSA) is 53.6 Å². The second-order valence-corrected chi connectivity index (χ2v) is 9.14. The molecule has 4 rings (SSSR count). The van der Waals surface area contributed by atoms with Gasteiger partial charge in [-0.05, 0) is 68.4 Å². The Bertz CT molecular complexity index is 576. The predicted octanol–water partition coefficient (Wildman–Crippen LogP) is 3.39. The molecule has 0 spiro atoms. The van der Waals surface area contributed by atoms with E-state index < -0.39 is 0 Å². The highest BCUT2D eigenvalue weighted by molar-refractivity contribution is 7.10. The highest BCUT2D eigenvalue weighted by Gasteiger charge is 2.28. The van der Waals surface area contributed by atoms with Gasteiger partial charge in [0.25, 0.3) is 0 Å². The highest BCUT2D eigenvalue weighted by atomic mass is 32.1. The highest BCUT2D eigenvalue weighted by Crippen LogP contribution is 2.32. The van der Waals surface area contributed by atoms with Crippen LogP contribution in [0.25, 0.3) is 0 Å². The Kier molecular flexibility index (Phi) is 6.12. The maximum atomic E-state index is 12.3. The van der Waals surface area contributed by atoms with Gasteiger partial charge in [0.05, 0.1) is 6.10 Å². The van der Waals surface area contributed by atoms with E-state index in [1.807, 2.05) is 0 Å². The van der Waals surface area contributed by atoms with Crippen LogP contribution in [0.3, 0.4) is 0 Å². The number of urea groups is 1. The Morgan fingerprint density at radius 1 is 1.27 bits per heavy atom. The molecule has 5 nitrogen and oxygen atoms in total. The largest absolute Gasteiger partial charge is 0.373 e. The summed E-state index contributed by atoms with van der Waals surface area (Å²) in [5, 5.41) is 8.37. The van der Waals surface area contributed by atoms with Gasteiger partial charge in [0.15, 0.2) is 0 Å². The molecule has 3 heterocycles. The fraction of sp³-hybridized carbons (Fsp3) is 0.750. The number of amides is 2. The molecule has 2 amide bonds. The van der Waals surface area contributed by atoms with Crippen molar-refractivity contribution in [1.29, 1.82) is 0 Å². The van der Waals surface area contributed by atoms with Crippen molar-refractivity contribution in [1.82, 2.24) is 15.5 Å². The first-order chi connectivity index (χ1) is 12.8. The maximum Gasteiger partial charge on any atom is 0.315 e. The van der Waals surface area contributed by atoms with Crippen molar-refractivity contribution in [2.75, 3.05) is 32.8 Å². The first-order valence-electron chi connectivity index (χ1n) is 10.2. The summed E-state index contributed by atoms with van der Waals surface area (Å²) in [6.45, 7) is 5.17. The molecule has 1 aromatic rings. The zero-order chi connectivity index (χ0) is 17.8.